The monoisotopic (exact) mass is 418 g/mol. The molecule has 0 radical (unpaired) electrons. The van der Waals surface area contributed by atoms with Gasteiger partial charge in [-0.1, -0.05) is 18.2 Å². The molecular weight excluding hydrogens is 396 g/mol. The number of hydrogen-bond donors (Lipinski definition) is 4. The summed E-state index contributed by atoms with van der Waals surface area (Å²) in [6, 6.07) is 14.1. The van der Waals surface area contributed by atoms with Crippen LogP contribution >= 0.6 is 0 Å². The predicted octanol–water partition coefficient (Wildman–Crippen LogP) is 2.35. The summed E-state index contributed by atoms with van der Waals surface area (Å²) in [7, 11) is 0. The summed E-state index contributed by atoms with van der Waals surface area (Å²) in [4.78, 5) is 31.1. The molecule has 0 amide bonds. The fourth-order valence-electron chi connectivity index (χ4n) is 4.32. The Hall–Kier alpha value is -3.78. The van der Waals surface area contributed by atoms with Crippen LogP contribution in [0, 0.1) is 0 Å². The average Bonchev–Trinajstić information content (AvgIpc) is 3.14. The number of benzene rings is 2. The maximum absolute atomic E-state index is 12.8. The van der Waals surface area contributed by atoms with E-state index in [1.165, 1.54) is 0 Å². The van der Waals surface area contributed by atoms with Crippen molar-refractivity contribution in [3.63, 3.8) is 0 Å². The molecule has 158 valence electrons. The van der Waals surface area contributed by atoms with Crippen molar-refractivity contribution in [2.24, 2.45) is 0 Å². The highest BCUT2D eigenvalue weighted by Gasteiger charge is 2.31. The number of nitrogens with zero attached hydrogens (tertiary/aromatic N) is 1. The topological polar surface area (TPSA) is 112 Å². The van der Waals surface area contributed by atoms with Gasteiger partial charge >= 0.3 is 5.69 Å². The standard InChI is InChI=1S/C23H22N4O4/c1-2-31-14-9-7-13(8-10-14)27-22(29)18(21(28)26-23(27)30)20-19-16(11-12-24-20)15-5-3-4-6-17(15)25-19/h3-10,20,24-25,29H,2,11-12H2,1H3,(H,26,28,30). The van der Waals surface area contributed by atoms with E-state index in [-0.39, 0.29) is 11.4 Å². The van der Waals surface area contributed by atoms with E-state index in [4.69, 9.17) is 4.74 Å². The van der Waals surface area contributed by atoms with Gasteiger partial charge in [0.15, 0.2) is 0 Å². The molecule has 1 atom stereocenters. The summed E-state index contributed by atoms with van der Waals surface area (Å²) in [5.41, 5.74) is 2.10. The van der Waals surface area contributed by atoms with Crippen molar-refractivity contribution in [3.05, 3.63) is 86.2 Å². The first kappa shape index (κ1) is 19.2. The summed E-state index contributed by atoms with van der Waals surface area (Å²) < 4.78 is 6.54. The Kier molecular flexibility index (Phi) is 4.63. The second-order valence-corrected chi connectivity index (χ2v) is 7.46. The van der Waals surface area contributed by atoms with E-state index in [1.807, 2.05) is 31.2 Å². The van der Waals surface area contributed by atoms with Gasteiger partial charge in [0.05, 0.1) is 18.3 Å². The molecule has 0 fully saturated rings. The molecule has 3 heterocycles. The third-order valence-electron chi connectivity index (χ3n) is 5.67. The number of aromatic amines is 2. The second-order valence-electron chi connectivity index (χ2n) is 7.46. The molecule has 31 heavy (non-hydrogen) atoms. The third-order valence-corrected chi connectivity index (χ3v) is 5.67. The Morgan fingerprint density at radius 2 is 1.87 bits per heavy atom. The van der Waals surface area contributed by atoms with Gasteiger partial charge in [-0.25, -0.2) is 9.36 Å². The first-order valence-corrected chi connectivity index (χ1v) is 10.2. The third kappa shape index (κ3) is 3.12. The van der Waals surface area contributed by atoms with Gasteiger partial charge in [0.25, 0.3) is 5.56 Å². The molecule has 0 aliphatic carbocycles. The zero-order chi connectivity index (χ0) is 21.5. The van der Waals surface area contributed by atoms with Crippen molar-refractivity contribution in [3.8, 4) is 17.3 Å². The maximum Gasteiger partial charge on any atom is 0.335 e. The molecule has 4 aromatic rings. The van der Waals surface area contributed by atoms with Crippen molar-refractivity contribution in [2.75, 3.05) is 13.2 Å². The van der Waals surface area contributed by atoms with Gasteiger partial charge in [-0.15, -0.1) is 0 Å². The van der Waals surface area contributed by atoms with Crippen LogP contribution in [0.2, 0.25) is 0 Å². The van der Waals surface area contributed by atoms with Crippen LogP contribution in [0.5, 0.6) is 11.6 Å². The second kappa shape index (κ2) is 7.48. The lowest BCUT2D eigenvalue weighted by molar-refractivity contribution is 0.340. The van der Waals surface area contributed by atoms with Gasteiger partial charge < -0.3 is 20.1 Å². The summed E-state index contributed by atoms with van der Waals surface area (Å²) in [5.74, 6) is 0.266. The molecule has 4 N–H and O–H groups in total. The van der Waals surface area contributed by atoms with Gasteiger partial charge in [-0.05, 0) is 49.2 Å². The number of ether oxygens (including phenoxy) is 1. The van der Waals surface area contributed by atoms with Crippen molar-refractivity contribution in [1.82, 2.24) is 19.9 Å². The van der Waals surface area contributed by atoms with Crippen LogP contribution in [0.1, 0.15) is 29.8 Å². The fraction of sp³-hybridized carbons (Fsp3) is 0.217. The van der Waals surface area contributed by atoms with Crippen LogP contribution in [0.15, 0.2) is 58.1 Å². The van der Waals surface area contributed by atoms with Crippen molar-refractivity contribution >= 4 is 10.9 Å². The number of aromatic hydroxyl groups is 1. The van der Waals surface area contributed by atoms with Crippen LogP contribution in [0.25, 0.3) is 16.6 Å². The Morgan fingerprint density at radius 3 is 2.65 bits per heavy atom. The Balaban J connectivity index is 1.67. The highest BCUT2D eigenvalue weighted by molar-refractivity contribution is 5.85. The molecule has 0 spiro atoms. The van der Waals surface area contributed by atoms with Gasteiger partial charge in [-0.2, -0.15) is 0 Å². The normalized spacial score (nSPS) is 15.7. The molecule has 0 bridgehead atoms. The molecular formula is C23H22N4O4. The van der Waals surface area contributed by atoms with Gasteiger partial charge in [-0.3, -0.25) is 9.78 Å². The van der Waals surface area contributed by atoms with Crippen molar-refractivity contribution < 1.29 is 9.84 Å². The summed E-state index contributed by atoms with van der Waals surface area (Å²) in [6.07, 6.45) is 0.799. The molecule has 2 aromatic heterocycles. The molecule has 5 rings (SSSR count). The largest absolute Gasteiger partial charge is 0.494 e. The highest BCUT2D eigenvalue weighted by Crippen LogP contribution is 2.35. The number of aromatic nitrogens is 3. The first-order chi connectivity index (χ1) is 15.1. The lowest BCUT2D eigenvalue weighted by Gasteiger charge is -2.25. The minimum Gasteiger partial charge on any atom is -0.494 e. The molecule has 1 unspecified atom stereocenters. The number of hydrogen-bond acceptors (Lipinski definition) is 5. The van der Waals surface area contributed by atoms with Gasteiger partial charge in [0, 0.05) is 23.1 Å². The summed E-state index contributed by atoms with van der Waals surface area (Å²) in [6.45, 7) is 3.04. The first-order valence-electron chi connectivity index (χ1n) is 10.2. The molecule has 0 saturated carbocycles. The number of nitrogens with one attached hydrogen (secondary N) is 3. The molecule has 8 nitrogen and oxygen atoms in total. The Morgan fingerprint density at radius 1 is 1.10 bits per heavy atom. The Bertz CT molecular complexity index is 1380. The zero-order valence-corrected chi connectivity index (χ0v) is 16.9. The van der Waals surface area contributed by atoms with Crippen LogP contribution in [0.4, 0.5) is 0 Å². The summed E-state index contributed by atoms with van der Waals surface area (Å²) in [5, 5.41) is 15.5. The molecule has 0 saturated heterocycles. The molecule has 1 aliphatic heterocycles. The minimum absolute atomic E-state index is 0.0981. The lowest BCUT2D eigenvalue weighted by atomic mass is 9.95. The van der Waals surface area contributed by atoms with E-state index in [0.717, 1.165) is 33.1 Å². The smallest absolute Gasteiger partial charge is 0.335 e. The van der Waals surface area contributed by atoms with Crippen LogP contribution in [-0.2, 0) is 6.42 Å². The van der Waals surface area contributed by atoms with Gasteiger partial charge in [0.1, 0.15) is 11.3 Å². The minimum atomic E-state index is -0.705. The number of fused-ring (bicyclic) bond motifs is 3. The van der Waals surface area contributed by atoms with Crippen molar-refractivity contribution in [2.45, 2.75) is 19.4 Å². The molecule has 1 aliphatic rings. The van der Waals surface area contributed by atoms with E-state index in [2.05, 4.69) is 15.3 Å². The predicted molar refractivity (Wildman–Crippen MR) is 117 cm³/mol. The Labute approximate surface area is 177 Å². The molecule has 2 aromatic carbocycles. The number of H-pyrrole nitrogens is 2. The SMILES string of the molecule is CCOc1ccc(-n2c(O)c(C3NCCc4c3[nH]c3ccccc43)c(=O)[nH]c2=O)cc1. The molecule has 8 heteroatoms. The van der Waals surface area contributed by atoms with Crippen LogP contribution < -0.4 is 21.3 Å². The maximum atomic E-state index is 12.8. The lowest BCUT2D eigenvalue weighted by Crippen LogP contribution is -2.38. The quantitative estimate of drug-likeness (QED) is 0.406. The van der Waals surface area contributed by atoms with E-state index in [0.29, 0.717) is 24.6 Å². The zero-order valence-electron chi connectivity index (χ0n) is 16.9. The fourth-order valence-corrected chi connectivity index (χ4v) is 4.32. The van der Waals surface area contributed by atoms with Gasteiger partial charge in [0.2, 0.25) is 5.88 Å². The van der Waals surface area contributed by atoms with E-state index < -0.39 is 17.3 Å². The van der Waals surface area contributed by atoms with Crippen LogP contribution in [0.3, 0.4) is 0 Å². The average molecular weight is 418 g/mol. The number of para-hydroxylation sites is 1. The van der Waals surface area contributed by atoms with E-state index >= 15 is 0 Å². The van der Waals surface area contributed by atoms with Crippen molar-refractivity contribution in [1.29, 1.82) is 0 Å². The van der Waals surface area contributed by atoms with Crippen LogP contribution in [-0.4, -0.2) is 32.8 Å². The number of rotatable bonds is 4. The highest BCUT2D eigenvalue weighted by atomic mass is 16.5. The van der Waals surface area contributed by atoms with E-state index in [9.17, 15) is 14.7 Å². The summed E-state index contributed by atoms with van der Waals surface area (Å²) >= 11 is 0. The van der Waals surface area contributed by atoms with E-state index in [1.54, 1.807) is 24.3 Å².